The first-order valence-electron chi connectivity index (χ1n) is 4.97. The predicted molar refractivity (Wildman–Crippen MR) is 52.5 cm³/mol. The Morgan fingerprint density at radius 1 is 1.19 bits per heavy atom. The highest BCUT2D eigenvalue weighted by atomic mass is 19.4. The third kappa shape index (κ3) is 2.05. The van der Waals surface area contributed by atoms with Gasteiger partial charge in [-0.25, -0.2) is 5.90 Å². The molecular formula is C11H12F3NO. The zero-order valence-electron chi connectivity index (χ0n) is 8.55. The minimum absolute atomic E-state index is 0.154. The average Bonchev–Trinajstić information content (AvgIpc) is 2.99. The fraction of sp³-hybridized carbons (Fsp3) is 0.455. The van der Waals surface area contributed by atoms with Gasteiger partial charge in [-0.1, -0.05) is 12.1 Å². The van der Waals surface area contributed by atoms with Gasteiger partial charge in [-0.15, -0.1) is 0 Å². The van der Waals surface area contributed by atoms with Crippen LogP contribution in [0.2, 0.25) is 0 Å². The summed E-state index contributed by atoms with van der Waals surface area (Å²) in [6.07, 6.45) is -2.45. The molecule has 16 heavy (non-hydrogen) atoms. The van der Waals surface area contributed by atoms with Gasteiger partial charge in [0.15, 0.2) is 0 Å². The molecule has 0 unspecified atom stereocenters. The molecule has 0 bridgehead atoms. The van der Waals surface area contributed by atoms with Crippen LogP contribution in [0.5, 0.6) is 0 Å². The van der Waals surface area contributed by atoms with Gasteiger partial charge in [-0.05, 0) is 30.5 Å². The van der Waals surface area contributed by atoms with Crippen molar-refractivity contribution in [2.45, 2.75) is 24.4 Å². The van der Waals surface area contributed by atoms with E-state index >= 15 is 0 Å². The molecule has 0 spiro atoms. The van der Waals surface area contributed by atoms with Gasteiger partial charge in [-0.3, -0.25) is 0 Å². The molecule has 1 aromatic carbocycles. The van der Waals surface area contributed by atoms with E-state index < -0.39 is 11.7 Å². The van der Waals surface area contributed by atoms with Crippen LogP contribution < -0.4 is 5.90 Å². The van der Waals surface area contributed by atoms with Crippen LogP contribution in [0, 0.1) is 0 Å². The number of nitrogens with two attached hydrogens (primary N) is 1. The highest BCUT2D eigenvalue weighted by Crippen LogP contribution is 2.48. The minimum atomic E-state index is -4.28. The van der Waals surface area contributed by atoms with Gasteiger partial charge in [0.1, 0.15) is 0 Å². The molecule has 0 saturated heterocycles. The normalized spacial score (nSPS) is 18.5. The first kappa shape index (κ1) is 11.4. The zero-order valence-corrected chi connectivity index (χ0v) is 8.55. The van der Waals surface area contributed by atoms with Crippen LogP contribution in [0.1, 0.15) is 24.0 Å². The van der Waals surface area contributed by atoms with Crippen LogP contribution in [0.3, 0.4) is 0 Å². The first-order chi connectivity index (χ1) is 7.48. The molecule has 0 aromatic heterocycles. The second-order valence-electron chi connectivity index (χ2n) is 4.17. The van der Waals surface area contributed by atoms with E-state index in [0.717, 1.165) is 30.5 Å². The molecule has 0 radical (unpaired) electrons. The molecule has 0 atom stereocenters. The summed E-state index contributed by atoms with van der Waals surface area (Å²) < 4.78 is 37.0. The summed E-state index contributed by atoms with van der Waals surface area (Å²) in [5.74, 6) is 5.01. The maximum atomic E-state index is 12.3. The lowest BCUT2D eigenvalue weighted by molar-refractivity contribution is -0.137. The lowest BCUT2D eigenvalue weighted by atomic mass is 9.96. The molecule has 1 saturated carbocycles. The molecular weight excluding hydrogens is 219 g/mol. The van der Waals surface area contributed by atoms with Gasteiger partial charge in [0.05, 0.1) is 12.2 Å². The van der Waals surface area contributed by atoms with Crippen LogP contribution in [-0.4, -0.2) is 6.61 Å². The van der Waals surface area contributed by atoms with Crippen molar-refractivity contribution in [2.75, 3.05) is 6.61 Å². The van der Waals surface area contributed by atoms with Crippen LogP contribution in [0.25, 0.3) is 0 Å². The Morgan fingerprint density at radius 2 is 1.75 bits per heavy atom. The lowest BCUT2D eigenvalue weighted by Gasteiger charge is -2.15. The highest BCUT2D eigenvalue weighted by Gasteiger charge is 2.44. The average molecular weight is 231 g/mol. The fourth-order valence-corrected chi connectivity index (χ4v) is 1.84. The lowest BCUT2D eigenvalue weighted by Crippen LogP contribution is -2.18. The maximum absolute atomic E-state index is 12.3. The van der Waals surface area contributed by atoms with E-state index in [1.54, 1.807) is 0 Å². The Hall–Kier alpha value is -1.07. The Kier molecular flexibility index (Phi) is 2.67. The predicted octanol–water partition coefficient (Wildman–Crippen LogP) is 2.63. The molecule has 1 aliphatic carbocycles. The Balaban J connectivity index is 2.20. The Bertz CT molecular complexity index is 368. The molecule has 0 aliphatic heterocycles. The van der Waals surface area contributed by atoms with E-state index in [1.165, 1.54) is 12.1 Å². The topological polar surface area (TPSA) is 35.2 Å². The summed E-state index contributed by atoms with van der Waals surface area (Å²) in [6.45, 7) is 0.359. The van der Waals surface area contributed by atoms with Crippen molar-refractivity contribution in [3.05, 3.63) is 35.4 Å². The molecule has 2 rings (SSSR count). The molecule has 1 aliphatic rings. The largest absolute Gasteiger partial charge is 0.416 e. The second-order valence-corrected chi connectivity index (χ2v) is 4.17. The summed E-state index contributed by atoms with van der Waals surface area (Å²) in [7, 11) is 0. The number of hydrogen-bond donors (Lipinski definition) is 1. The molecule has 2 N–H and O–H groups in total. The second kappa shape index (κ2) is 3.75. The fourth-order valence-electron chi connectivity index (χ4n) is 1.84. The Morgan fingerprint density at radius 3 is 2.12 bits per heavy atom. The van der Waals surface area contributed by atoms with Gasteiger partial charge in [0.25, 0.3) is 0 Å². The van der Waals surface area contributed by atoms with Crippen LogP contribution >= 0.6 is 0 Å². The first-order valence-corrected chi connectivity index (χ1v) is 4.97. The van der Waals surface area contributed by atoms with Gasteiger partial charge in [0.2, 0.25) is 0 Å². The number of benzene rings is 1. The summed E-state index contributed by atoms with van der Waals surface area (Å²) in [5.41, 5.74) is 0.0884. The number of hydrogen-bond acceptors (Lipinski definition) is 2. The van der Waals surface area contributed by atoms with E-state index in [-0.39, 0.29) is 5.41 Å². The quantitative estimate of drug-likeness (QED) is 0.811. The van der Waals surface area contributed by atoms with Gasteiger partial charge < -0.3 is 4.84 Å². The molecule has 88 valence electrons. The highest BCUT2D eigenvalue weighted by molar-refractivity contribution is 5.34. The summed E-state index contributed by atoms with van der Waals surface area (Å²) in [5, 5.41) is 0. The van der Waals surface area contributed by atoms with E-state index in [2.05, 4.69) is 4.84 Å². The molecule has 0 amide bonds. The van der Waals surface area contributed by atoms with E-state index in [0.29, 0.717) is 6.61 Å². The van der Waals surface area contributed by atoms with E-state index in [1.807, 2.05) is 0 Å². The maximum Gasteiger partial charge on any atom is 0.416 e. The zero-order chi connectivity index (χ0) is 11.8. The van der Waals surface area contributed by atoms with Crippen molar-refractivity contribution in [1.82, 2.24) is 0 Å². The molecule has 5 heteroatoms. The summed E-state index contributed by atoms with van der Waals surface area (Å²) in [6, 6.07) is 5.22. The van der Waals surface area contributed by atoms with E-state index in [9.17, 15) is 13.2 Å². The standard InChI is InChI=1S/C11H12F3NO/c12-11(13,14)9-3-1-8(2-4-9)10(5-6-10)7-16-15/h1-4H,5-7,15H2. The smallest absolute Gasteiger partial charge is 0.304 e. The molecule has 1 fully saturated rings. The van der Waals surface area contributed by atoms with Crippen LogP contribution in [0.4, 0.5) is 13.2 Å². The van der Waals surface area contributed by atoms with Crippen molar-refractivity contribution in [2.24, 2.45) is 5.90 Å². The van der Waals surface area contributed by atoms with Crippen molar-refractivity contribution >= 4 is 0 Å². The minimum Gasteiger partial charge on any atom is -0.304 e. The third-order valence-electron chi connectivity index (χ3n) is 3.04. The van der Waals surface area contributed by atoms with Crippen molar-refractivity contribution < 1.29 is 18.0 Å². The van der Waals surface area contributed by atoms with Crippen LogP contribution in [0.15, 0.2) is 24.3 Å². The third-order valence-corrected chi connectivity index (χ3v) is 3.04. The van der Waals surface area contributed by atoms with Gasteiger partial charge in [0, 0.05) is 5.41 Å². The Labute approximate surface area is 91.2 Å². The number of halogens is 3. The molecule has 0 heterocycles. The summed E-state index contributed by atoms with van der Waals surface area (Å²) >= 11 is 0. The van der Waals surface area contributed by atoms with Crippen molar-refractivity contribution in [3.8, 4) is 0 Å². The number of alkyl halides is 3. The molecule has 1 aromatic rings. The van der Waals surface area contributed by atoms with Crippen molar-refractivity contribution in [1.29, 1.82) is 0 Å². The van der Waals surface area contributed by atoms with Gasteiger partial charge in [-0.2, -0.15) is 13.2 Å². The van der Waals surface area contributed by atoms with Crippen LogP contribution in [-0.2, 0) is 16.4 Å². The van der Waals surface area contributed by atoms with E-state index in [4.69, 9.17) is 5.90 Å². The van der Waals surface area contributed by atoms with Gasteiger partial charge >= 0.3 is 6.18 Å². The SMILES string of the molecule is NOCC1(c2ccc(C(F)(F)F)cc2)CC1. The summed E-state index contributed by atoms with van der Waals surface area (Å²) in [4.78, 5) is 4.60. The van der Waals surface area contributed by atoms with Crippen molar-refractivity contribution in [3.63, 3.8) is 0 Å². The monoisotopic (exact) mass is 231 g/mol. The number of rotatable bonds is 3. The molecule has 2 nitrogen and oxygen atoms in total.